The van der Waals surface area contributed by atoms with E-state index in [-0.39, 0.29) is 16.6 Å². The molecule has 0 aromatic heterocycles. The van der Waals surface area contributed by atoms with Gasteiger partial charge in [-0.15, -0.1) is 0 Å². The van der Waals surface area contributed by atoms with E-state index in [1.807, 2.05) is 36.4 Å². The first-order valence-electron chi connectivity index (χ1n) is 12.0. The van der Waals surface area contributed by atoms with Gasteiger partial charge in [0, 0.05) is 0 Å². The third-order valence-corrected chi connectivity index (χ3v) is 7.86. The van der Waals surface area contributed by atoms with Gasteiger partial charge < -0.3 is 4.18 Å². The second-order valence-electron chi connectivity index (χ2n) is 8.92. The molecule has 2 aliphatic heterocycles. The molecule has 0 aliphatic carbocycles. The molecule has 2 aliphatic rings. The van der Waals surface area contributed by atoms with Crippen molar-refractivity contribution in [3.05, 3.63) is 121 Å². The maximum absolute atomic E-state index is 13.7. The minimum absolute atomic E-state index is 0.0439. The lowest BCUT2D eigenvalue weighted by Gasteiger charge is -2.28. The Hall–Kier alpha value is -4.47. The smallest absolute Gasteiger partial charge is 0.339 e. The Labute approximate surface area is 219 Å². The van der Waals surface area contributed by atoms with E-state index in [0.29, 0.717) is 16.9 Å². The van der Waals surface area contributed by atoms with Crippen LogP contribution < -0.4 is 14.1 Å². The summed E-state index contributed by atoms with van der Waals surface area (Å²) in [6, 6.07) is 31.6. The van der Waals surface area contributed by atoms with Gasteiger partial charge in [-0.3, -0.25) is 14.4 Å². The van der Waals surface area contributed by atoms with Gasteiger partial charge in [-0.05, 0) is 54.1 Å². The van der Waals surface area contributed by atoms with Crippen molar-refractivity contribution in [2.45, 2.75) is 17.0 Å². The Morgan fingerprint density at radius 2 is 1.21 bits per heavy atom. The molecule has 6 rings (SSSR count). The van der Waals surface area contributed by atoms with Crippen molar-refractivity contribution in [2.24, 2.45) is 5.92 Å². The van der Waals surface area contributed by atoms with E-state index >= 15 is 0 Å². The van der Waals surface area contributed by atoms with Gasteiger partial charge in [0.2, 0.25) is 5.91 Å². The summed E-state index contributed by atoms with van der Waals surface area (Å²) >= 11 is 0. The van der Waals surface area contributed by atoms with Gasteiger partial charge >= 0.3 is 10.1 Å². The van der Waals surface area contributed by atoms with E-state index in [0.717, 1.165) is 0 Å². The van der Waals surface area contributed by atoms with Crippen molar-refractivity contribution in [1.29, 1.82) is 0 Å². The van der Waals surface area contributed by atoms with E-state index < -0.39 is 34.1 Å². The van der Waals surface area contributed by atoms with Gasteiger partial charge in [0.1, 0.15) is 16.6 Å². The van der Waals surface area contributed by atoms with Crippen molar-refractivity contribution in [3.8, 4) is 5.75 Å². The van der Waals surface area contributed by atoms with Crippen molar-refractivity contribution >= 4 is 33.3 Å². The SMILES string of the molecule is O=C1[C@@H]2[C@H](ON(c3ccccc3)[C@@H]2c2ccc(OS(=O)(=O)c3ccccc3)cc2)C(=O)N1c1ccccc1. The molecule has 0 radical (unpaired) electrons. The summed E-state index contributed by atoms with van der Waals surface area (Å²) < 4.78 is 30.6. The number of hydroxylamine groups is 1. The number of benzene rings is 4. The molecular formula is C29H22N2O6S. The lowest BCUT2D eigenvalue weighted by Crippen LogP contribution is -2.37. The van der Waals surface area contributed by atoms with Crippen LogP contribution in [0.5, 0.6) is 5.75 Å². The van der Waals surface area contributed by atoms with Crippen LogP contribution in [0.2, 0.25) is 0 Å². The Morgan fingerprint density at radius 1 is 0.658 bits per heavy atom. The summed E-state index contributed by atoms with van der Waals surface area (Å²) in [7, 11) is -4.01. The zero-order valence-corrected chi connectivity index (χ0v) is 20.8. The first kappa shape index (κ1) is 23.9. The van der Waals surface area contributed by atoms with Crippen LogP contribution in [0.25, 0.3) is 0 Å². The highest BCUT2D eigenvalue weighted by molar-refractivity contribution is 7.87. The predicted octanol–water partition coefficient (Wildman–Crippen LogP) is 4.51. The fourth-order valence-electron chi connectivity index (χ4n) is 4.87. The van der Waals surface area contributed by atoms with E-state index in [2.05, 4.69) is 0 Å². The topological polar surface area (TPSA) is 93.2 Å². The van der Waals surface area contributed by atoms with E-state index in [1.165, 1.54) is 29.2 Å². The molecule has 0 spiro atoms. The van der Waals surface area contributed by atoms with Gasteiger partial charge in [-0.2, -0.15) is 8.42 Å². The second kappa shape index (κ2) is 9.44. The number of anilines is 2. The molecular weight excluding hydrogens is 504 g/mol. The standard InChI is InChI=1S/C29H22N2O6S/c32-28-25-26(20-16-18-23(19-17-20)37-38(34,35)24-14-8-3-9-15-24)31(22-12-6-2-7-13-22)36-27(25)29(33)30(28)21-10-4-1-5-11-21/h1-19,25-27H/t25-,26+,27-/m0/s1. The maximum atomic E-state index is 13.7. The molecule has 2 amide bonds. The number of carbonyl (C=O) groups is 2. The van der Waals surface area contributed by atoms with E-state index in [1.54, 1.807) is 59.7 Å². The highest BCUT2D eigenvalue weighted by Gasteiger charge is 2.60. The molecule has 0 unspecified atom stereocenters. The number of hydrogen-bond donors (Lipinski definition) is 0. The normalized spacial score (nSPS) is 21.0. The van der Waals surface area contributed by atoms with Gasteiger partial charge in [0.15, 0.2) is 6.10 Å². The Bertz CT molecular complexity index is 1580. The molecule has 3 atom stereocenters. The van der Waals surface area contributed by atoms with Gasteiger partial charge in [0.25, 0.3) is 5.91 Å². The molecule has 2 heterocycles. The summed E-state index contributed by atoms with van der Waals surface area (Å²) in [5.41, 5.74) is 1.84. The summed E-state index contributed by atoms with van der Waals surface area (Å²) in [6.07, 6.45) is -0.998. The zero-order valence-electron chi connectivity index (χ0n) is 20.0. The summed E-state index contributed by atoms with van der Waals surface area (Å²) in [5, 5.41) is 1.59. The van der Waals surface area contributed by atoms with Gasteiger partial charge in [0.05, 0.1) is 17.4 Å². The highest BCUT2D eigenvalue weighted by Crippen LogP contribution is 2.47. The molecule has 8 nitrogen and oxygen atoms in total. The number of para-hydroxylation sites is 2. The number of hydrogen-bond acceptors (Lipinski definition) is 7. The number of fused-ring (bicyclic) bond motifs is 1. The first-order valence-corrected chi connectivity index (χ1v) is 13.4. The van der Waals surface area contributed by atoms with Crippen LogP contribution in [0.15, 0.2) is 120 Å². The number of nitrogens with zero attached hydrogens (tertiary/aromatic N) is 2. The van der Waals surface area contributed by atoms with E-state index in [9.17, 15) is 18.0 Å². The maximum Gasteiger partial charge on any atom is 0.339 e. The molecule has 4 aromatic rings. The third-order valence-electron chi connectivity index (χ3n) is 6.60. The second-order valence-corrected chi connectivity index (χ2v) is 10.5. The molecule has 0 saturated carbocycles. The van der Waals surface area contributed by atoms with E-state index in [4.69, 9.17) is 9.02 Å². The lowest BCUT2D eigenvalue weighted by molar-refractivity contribution is -0.126. The Kier molecular flexibility index (Phi) is 5.94. The number of carbonyl (C=O) groups excluding carboxylic acids is 2. The molecule has 2 saturated heterocycles. The van der Waals surface area contributed by atoms with Crippen LogP contribution in [0.4, 0.5) is 11.4 Å². The van der Waals surface area contributed by atoms with Crippen LogP contribution in [0, 0.1) is 5.92 Å². The van der Waals surface area contributed by atoms with Crippen molar-refractivity contribution in [1.82, 2.24) is 0 Å². The molecule has 9 heteroatoms. The predicted molar refractivity (Wildman–Crippen MR) is 140 cm³/mol. The quantitative estimate of drug-likeness (QED) is 0.270. The average Bonchev–Trinajstić information content (AvgIpc) is 3.46. The van der Waals surface area contributed by atoms with Crippen LogP contribution in [0.1, 0.15) is 11.6 Å². The molecule has 0 N–H and O–H groups in total. The van der Waals surface area contributed by atoms with Crippen LogP contribution in [0.3, 0.4) is 0 Å². The summed E-state index contributed by atoms with van der Waals surface area (Å²) in [5.74, 6) is -1.47. The fourth-order valence-corrected chi connectivity index (χ4v) is 5.82. The number of amides is 2. The third kappa shape index (κ3) is 4.11. The monoisotopic (exact) mass is 526 g/mol. The van der Waals surface area contributed by atoms with Crippen LogP contribution >= 0.6 is 0 Å². The van der Waals surface area contributed by atoms with Crippen LogP contribution in [-0.2, 0) is 24.5 Å². The Balaban J connectivity index is 1.34. The number of rotatable bonds is 6. The molecule has 38 heavy (non-hydrogen) atoms. The van der Waals surface area contributed by atoms with Gasteiger partial charge in [-0.25, -0.2) is 9.96 Å². The van der Waals surface area contributed by atoms with Crippen molar-refractivity contribution in [3.63, 3.8) is 0 Å². The zero-order chi connectivity index (χ0) is 26.3. The van der Waals surface area contributed by atoms with Crippen molar-refractivity contribution in [2.75, 3.05) is 9.96 Å². The van der Waals surface area contributed by atoms with Crippen molar-refractivity contribution < 1.29 is 27.0 Å². The number of imide groups is 1. The van der Waals surface area contributed by atoms with Gasteiger partial charge in [-0.1, -0.05) is 66.7 Å². The van der Waals surface area contributed by atoms with Crippen LogP contribution in [-0.4, -0.2) is 26.3 Å². The first-order chi connectivity index (χ1) is 18.4. The Morgan fingerprint density at radius 3 is 1.82 bits per heavy atom. The lowest BCUT2D eigenvalue weighted by atomic mass is 9.90. The largest absolute Gasteiger partial charge is 0.379 e. The molecule has 190 valence electrons. The summed E-state index contributed by atoms with van der Waals surface area (Å²) in [4.78, 5) is 34.4. The molecule has 0 bridgehead atoms. The minimum Gasteiger partial charge on any atom is -0.379 e. The molecule has 4 aromatic carbocycles. The molecule has 2 fully saturated rings. The summed E-state index contributed by atoms with van der Waals surface area (Å²) in [6.45, 7) is 0. The minimum atomic E-state index is -4.01. The fraction of sp³-hybridized carbons (Fsp3) is 0.103. The average molecular weight is 527 g/mol. The highest BCUT2D eigenvalue weighted by atomic mass is 32.2.